The lowest BCUT2D eigenvalue weighted by molar-refractivity contribution is -0.114. The van der Waals surface area contributed by atoms with Gasteiger partial charge in [-0.2, -0.15) is 4.98 Å². The zero-order chi connectivity index (χ0) is 16.9. The molecule has 3 aromatic rings. The highest BCUT2D eigenvalue weighted by Crippen LogP contribution is 2.21. The van der Waals surface area contributed by atoms with Crippen molar-refractivity contribution in [2.45, 2.75) is 6.92 Å². The van der Waals surface area contributed by atoms with Crippen molar-refractivity contribution in [2.75, 3.05) is 10.6 Å². The van der Waals surface area contributed by atoms with Gasteiger partial charge in [-0.25, -0.2) is 15.0 Å². The maximum atomic E-state index is 11.1. The summed E-state index contributed by atoms with van der Waals surface area (Å²) in [5, 5.41) is 6.17. The fraction of sp³-hybridized carbons (Fsp3) is 0.0625. The number of anilines is 3. The Bertz CT molecular complexity index is 886. The van der Waals surface area contributed by atoms with Gasteiger partial charge in [0.25, 0.3) is 0 Å². The number of nitrogens with zero attached hydrogens (tertiary/aromatic N) is 4. The molecule has 0 atom stereocenters. The molecule has 0 fully saturated rings. The van der Waals surface area contributed by atoms with Gasteiger partial charge < -0.3 is 10.6 Å². The van der Waals surface area contributed by atoms with E-state index in [1.807, 2.05) is 12.1 Å². The third-order valence-electron chi connectivity index (χ3n) is 3.00. The number of halogens is 1. The summed E-state index contributed by atoms with van der Waals surface area (Å²) in [4.78, 5) is 27.7. The summed E-state index contributed by atoms with van der Waals surface area (Å²) < 4.78 is 0. The molecule has 2 aromatic heterocycles. The van der Waals surface area contributed by atoms with Gasteiger partial charge in [0.2, 0.25) is 11.9 Å². The molecule has 0 saturated carbocycles. The molecule has 0 aliphatic carbocycles. The predicted octanol–water partition coefficient (Wildman–Crippen LogP) is 3.29. The fourth-order valence-electron chi connectivity index (χ4n) is 2.04. The Labute approximate surface area is 143 Å². The molecule has 120 valence electrons. The van der Waals surface area contributed by atoms with Crippen molar-refractivity contribution in [1.29, 1.82) is 0 Å². The number of aromatic nitrogens is 4. The molecule has 0 aliphatic heterocycles. The highest BCUT2D eigenvalue weighted by molar-refractivity contribution is 6.29. The molecular weight excluding hydrogens is 328 g/mol. The predicted molar refractivity (Wildman–Crippen MR) is 92.1 cm³/mol. The van der Waals surface area contributed by atoms with Gasteiger partial charge in [0.15, 0.2) is 5.82 Å². The molecule has 0 aliphatic rings. The van der Waals surface area contributed by atoms with Crippen LogP contribution in [0.3, 0.4) is 0 Å². The van der Waals surface area contributed by atoms with Gasteiger partial charge >= 0.3 is 0 Å². The van der Waals surface area contributed by atoms with E-state index in [-0.39, 0.29) is 5.91 Å². The molecule has 0 spiro atoms. The average molecular weight is 341 g/mol. The van der Waals surface area contributed by atoms with Crippen LogP contribution in [0.4, 0.5) is 17.3 Å². The first kappa shape index (κ1) is 15.8. The van der Waals surface area contributed by atoms with E-state index in [0.717, 1.165) is 11.3 Å². The normalized spacial score (nSPS) is 10.2. The number of amides is 1. The minimum Gasteiger partial charge on any atom is -0.326 e. The quantitative estimate of drug-likeness (QED) is 0.708. The van der Waals surface area contributed by atoms with Gasteiger partial charge in [-0.15, -0.1) is 0 Å². The molecule has 0 unspecified atom stereocenters. The van der Waals surface area contributed by atoms with Crippen LogP contribution in [-0.4, -0.2) is 25.8 Å². The second kappa shape index (κ2) is 7.01. The zero-order valence-electron chi connectivity index (χ0n) is 12.7. The number of carbonyl (C=O) groups is 1. The minimum absolute atomic E-state index is 0.135. The smallest absolute Gasteiger partial charge is 0.230 e. The van der Waals surface area contributed by atoms with Crippen molar-refractivity contribution in [3.8, 4) is 11.4 Å². The van der Waals surface area contributed by atoms with Crippen LogP contribution in [0.2, 0.25) is 5.15 Å². The highest BCUT2D eigenvalue weighted by atomic mass is 35.5. The summed E-state index contributed by atoms with van der Waals surface area (Å²) in [6.07, 6.45) is 3.00. The van der Waals surface area contributed by atoms with Crippen molar-refractivity contribution in [3.05, 3.63) is 54.1 Å². The van der Waals surface area contributed by atoms with Crippen molar-refractivity contribution in [1.82, 2.24) is 19.9 Å². The van der Waals surface area contributed by atoms with E-state index >= 15 is 0 Å². The lowest BCUT2D eigenvalue weighted by Gasteiger charge is -2.08. The molecule has 2 N–H and O–H groups in total. The third kappa shape index (κ3) is 4.02. The van der Waals surface area contributed by atoms with Gasteiger partial charge in [0, 0.05) is 30.1 Å². The molecule has 7 nitrogen and oxygen atoms in total. The van der Waals surface area contributed by atoms with E-state index in [0.29, 0.717) is 22.6 Å². The van der Waals surface area contributed by atoms with E-state index in [4.69, 9.17) is 11.6 Å². The van der Waals surface area contributed by atoms with Gasteiger partial charge in [-0.3, -0.25) is 4.79 Å². The number of carbonyl (C=O) groups excluding carboxylic acids is 1. The molecule has 1 aromatic carbocycles. The lowest BCUT2D eigenvalue weighted by Crippen LogP contribution is -2.06. The van der Waals surface area contributed by atoms with E-state index in [2.05, 4.69) is 30.6 Å². The Morgan fingerprint density at radius 2 is 1.92 bits per heavy atom. The van der Waals surface area contributed by atoms with E-state index in [9.17, 15) is 4.79 Å². The maximum Gasteiger partial charge on any atom is 0.230 e. The zero-order valence-corrected chi connectivity index (χ0v) is 13.4. The first-order valence-corrected chi connectivity index (χ1v) is 7.43. The van der Waals surface area contributed by atoms with Crippen molar-refractivity contribution < 1.29 is 4.79 Å². The Morgan fingerprint density at radius 1 is 1.08 bits per heavy atom. The van der Waals surface area contributed by atoms with E-state index < -0.39 is 0 Å². The van der Waals surface area contributed by atoms with Crippen LogP contribution in [0.5, 0.6) is 0 Å². The van der Waals surface area contributed by atoms with Crippen LogP contribution < -0.4 is 10.6 Å². The monoisotopic (exact) mass is 340 g/mol. The first-order chi connectivity index (χ1) is 11.6. The Balaban J connectivity index is 1.84. The number of benzene rings is 1. The summed E-state index contributed by atoms with van der Waals surface area (Å²) in [6.45, 7) is 1.46. The average Bonchev–Trinajstić information content (AvgIpc) is 2.55. The van der Waals surface area contributed by atoms with E-state index in [1.54, 1.807) is 30.5 Å². The van der Waals surface area contributed by atoms with Gasteiger partial charge in [0.05, 0.1) is 0 Å². The van der Waals surface area contributed by atoms with Crippen molar-refractivity contribution in [2.24, 2.45) is 0 Å². The number of hydrogen-bond donors (Lipinski definition) is 2. The SMILES string of the molecule is CC(=O)Nc1cccc(Nc2ncnc(-c3ccnc(Cl)c3)n2)c1. The second-order valence-corrected chi connectivity index (χ2v) is 5.27. The maximum absolute atomic E-state index is 11.1. The summed E-state index contributed by atoms with van der Waals surface area (Å²) >= 11 is 5.89. The molecule has 8 heteroatoms. The number of rotatable bonds is 4. The summed E-state index contributed by atoms with van der Waals surface area (Å²) in [7, 11) is 0. The van der Waals surface area contributed by atoms with Crippen LogP contribution in [0, 0.1) is 0 Å². The van der Waals surface area contributed by atoms with Gasteiger partial charge in [-0.05, 0) is 30.3 Å². The molecular formula is C16H13ClN6O. The Kier molecular flexibility index (Phi) is 4.62. The standard InChI is InChI=1S/C16H13ClN6O/c1-10(24)21-12-3-2-4-13(8-12)22-16-20-9-19-15(23-16)11-5-6-18-14(17)7-11/h2-9H,1H3,(H,21,24)(H,19,20,22,23). The topological polar surface area (TPSA) is 92.7 Å². The van der Waals surface area contributed by atoms with Crippen LogP contribution >= 0.6 is 11.6 Å². The molecule has 3 rings (SSSR count). The minimum atomic E-state index is -0.135. The second-order valence-electron chi connectivity index (χ2n) is 4.89. The molecule has 2 heterocycles. The number of hydrogen-bond acceptors (Lipinski definition) is 6. The Hall–Kier alpha value is -3.06. The largest absolute Gasteiger partial charge is 0.326 e. The van der Waals surface area contributed by atoms with Gasteiger partial charge in [-0.1, -0.05) is 17.7 Å². The third-order valence-corrected chi connectivity index (χ3v) is 3.20. The van der Waals surface area contributed by atoms with E-state index in [1.165, 1.54) is 13.3 Å². The van der Waals surface area contributed by atoms with Crippen molar-refractivity contribution >= 4 is 34.8 Å². The molecule has 0 saturated heterocycles. The molecule has 1 amide bonds. The van der Waals surface area contributed by atoms with Crippen molar-refractivity contribution in [3.63, 3.8) is 0 Å². The summed E-state index contributed by atoms with van der Waals surface area (Å²) in [6, 6.07) is 10.7. The van der Waals surface area contributed by atoms with Crippen LogP contribution in [0.25, 0.3) is 11.4 Å². The molecule has 0 bridgehead atoms. The Morgan fingerprint density at radius 3 is 2.71 bits per heavy atom. The van der Waals surface area contributed by atoms with Gasteiger partial charge in [0.1, 0.15) is 11.5 Å². The number of pyridine rings is 1. The lowest BCUT2D eigenvalue weighted by atomic mass is 10.2. The molecule has 0 radical (unpaired) electrons. The first-order valence-electron chi connectivity index (χ1n) is 7.06. The van der Waals surface area contributed by atoms with Crippen LogP contribution in [0.15, 0.2) is 48.9 Å². The summed E-state index contributed by atoms with van der Waals surface area (Å²) in [5.41, 5.74) is 2.17. The highest BCUT2D eigenvalue weighted by Gasteiger charge is 2.06. The fourth-order valence-corrected chi connectivity index (χ4v) is 2.22. The van der Waals surface area contributed by atoms with Crippen LogP contribution in [0.1, 0.15) is 6.92 Å². The molecule has 24 heavy (non-hydrogen) atoms. The van der Waals surface area contributed by atoms with Crippen LogP contribution in [-0.2, 0) is 4.79 Å². The number of nitrogens with one attached hydrogen (secondary N) is 2. The summed E-state index contributed by atoms with van der Waals surface area (Å²) in [5.74, 6) is 0.729.